The van der Waals surface area contributed by atoms with Gasteiger partial charge in [-0.25, -0.2) is 4.98 Å². The third-order valence-electron chi connectivity index (χ3n) is 4.11. The Morgan fingerprint density at radius 3 is 2.68 bits per heavy atom. The second-order valence-electron chi connectivity index (χ2n) is 5.65. The molecule has 1 aromatic carbocycles. The van der Waals surface area contributed by atoms with Crippen LogP contribution in [-0.4, -0.2) is 20.3 Å². The number of aromatic nitrogens is 2. The largest absolute Gasteiger partial charge is 0.504 e. The Kier molecular flexibility index (Phi) is 5.79. The molecule has 5 nitrogen and oxygen atoms in total. The summed E-state index contributed by atoms with van der Waals surface area (Å²) in [6.45, 7) is 1.82. The molecule has 0 spiro atoms. The van der Waals surface area contributed by atoms with E-state index in [1.54, 1.807) is 28.8 Å². The van der Waals surface area contributed by atoms with Gasteiger partial charge in [-0.1, -0.05) is 30.3 Å². The number of Topliss-reactive ketones (excluding diaryl/α,β-unsaturated/α-hetero) is 1. The van der Waals surface area contributed by atoms with Crippen LogP contribution in [0.5, 0.6) is 5.75 Å². The minimum atomic E-state index is 0. The van der Waals surface area contributed by atoms with E-state index in [-0.39, 0.29) is 30.4 Å². The van der Waals surface area contributed by atoms with Crippen LogP contribution < -0.4 is 0 Å². The number of halogens is 1. The molecule has 0 atom stereocenters. The summed E-state index contributed by atoms with van der Waals surface area (Å²) < 4.78 is 1.73. The van der Waals surface area contributed by atoms with Gasteiger partial charge in [0.25, 0.3) is 0 Å². The first-order valence-corrected chi connectivity index (χ1v) is 7.75. The fraction of sp³-hybridized carbons (Fsp3) is 0.211. The second-order valence-corrected chi connectivity index (χ2v) is 5.65. The lowest BCUT2D eigenvalue weighted by Crippen LogP contribution is -2.02. The summed E-state index contributed by atoms with van der Waals surface area (Å²) in [5, 5.41) is 19.4. The normalized spacial score (nSPS) is 10.2. The van der Waals surface area contributed by atoms with Gasteiger partial charge in [-0.3, -0.25) is 9.20 Å². The molecule has 1 N–H and O–H groups in total. The molecule has 128 valence electrons. The molecule has 0 unspecified atom stereocenters. The average molecular weight is 356 g/mol. The number of imidazole rings is 1. The maximum Gasteiger partial charge on any atom is 0.180 e. The highest BCUT2D eigenvalue weighted by molar-refractivity contribution is 5.96. The molecule has 0 bridgehead atoms. The van der Waals surface area contributed by atoms with Crippen LogP contribution in [0.2, 0.25) is 0 Å². The summed E-state index contributed by atoms with van der Waals surface area (Å²) in [7, 11) is 0. The van der Waals surface area contributed by atoms with E-state index in [1.165, 1.54) is 0 Å². The van der Waals surface area contributed by atoms with Crippen molar-refractivity contribution >= 4 is 23.8 Å². The van der Waals surface area contributed by atoms with Gasteiger partial charge in [0.05, 0.1) is 23.9 Å². The second kappa shape index (κ2) is 7.82. The first kappa shape index (κ1) is 18.5. The van der Waals surface area contributed by atoms with E-state index in [9.17, 15) is 9.90 Å². The molecule has 6 heteroatoms. The molecule has 0 saturated carbocycles. The van der Waals surface area contributed by atoms with E-state index in [0.717, 1.165) is 11.4 Å². The van der Waals surface area contributed by atoms with Crippen molar-refractivity contribution in [2.24, 2.45) is 0 Å². The van der Waals surface area contributed by atoms with E-state index in [4.69, 9.17) is 5.26 Å². The number of ketones is 1. The van der Waals surface area contributed by atoms with E-state index in [1.807, 2.05) is 25.1 Å². The van der Waals surface area contributed by atoms with Crippen molar-refractivity contribution in [3.8, 4) is 11.8 Å². The van der Waals surface area contributed by atoms with Gasteiger partial charge in [-0.15, -0.1) is 12.4 Å². The molecule has 0 amide bonds. The molecule has 3 aromatic rings. The molecular weight excluding hydrogens is 338 g/mol. The van der Waals surface area contributed by atoms with Crippen molar-refractivity contribution in [3.05, 3.63) is 65.1 Å². The summed E-state index contributed by atoms with van der Waals surface area (Å²) in [4.78, 5) is 16.6. The summed E-state index contributed by atoms with van der Waals surface area (Å²) >= 11 is 0. The van der Waals surface area contributed by atoms with Gasteiger partial charge >= 0.3 is 0 Å². The molecule has 2 heterocycles. The zero-order valence-corrected chi connectivity index (χ0v) is 14.6. The molecule has 0 aliphatic rings. The van der Waals surface area contributed by atoms with Gasteiger partial charge in [0.1, 0.15) is 0 Å². The molecule has 0 saturated heterocycles. The standard InChI is InChI=1S/C19H17N3O2.ClH/c1-13-16(9-11-20)22-12-10-15(18(24)19(22)21-13)7-8-17(23)14-5-3-2-4-6-14;/h2-6,10,12,24H,7-9H2,1H3;1H. The number of nitriles is 1. The van der Waals surface area contributed by atoms with Gasteiger partial charge in [0, 0.05) is 18.2 Å². The predicted octanol–water partition coefficient (Wildman–Crippen LogP) is 3.65. The van der Waals surface area contributed by atoms with Crippen molar-refractivity contribution < 1.29 is 9.90 Å². The average Bonchev–Trinajstić information content (AvgIpc) is 2.92. The number of aryl methyl sites for hydroxylation is 2. The number of carbonyl (C=O) groups excluding carboxylic acids is 1. The highest BCUT2D eigenvalue weighted by atomic mass is 35.5. The topological polar surface area (TPSA) is 78.4 Å². The Morgan fingerprint density at radius 2 is 2.00 bits per heavy atom. The number of pyridine rings is 1. The molecule has 25 heavy (non-hydrogen) atoms. The van der Waals surface area contributed by atoms with Crippen molar-refractivity contribution in [2.75, 3.05) is 0 Å². The number of nitrogens with zero attached hydrogens (tertiary/aromatic N) is 3. The Bertz CT molecular complexity index is 943. The van der Waals surface area contributed by atoms with Crippen molar-refractivity contribution in [1.82, 2.24) is 9.38 Å². The number of rotatable bonds is 5. The lowest BCUT2D eigenvalue weighted by atomic mass is 10.0. The van der Waals surface area contributed by atoms with Crippen LogP contribution in [0.1, 0.15) is 33.7 Å². The van der Waals surface area contributed by atoms with Crippen LogP contribution in [0.15, 0.2) is 42.6 Å². The van der Waals surface area contributed by atoms with Gasteiger partial charge < -0.3 is 5.11 Å². The summed E-state index contributed by atoms with van der Waals surface area (Å²) in [6, 6.07) is 13.0. The van der Waals surface area contributed by atoms with E-state index in [0.29, 0.717) is 29.6 Å². The zero-order valence-electron chi connectivity index (χ0n) is 13.8. The van der Waals surface area contributed by atoms with E-state index >= 15 is 0 Å². The van der Waals surface area contributed by atoms with Crippen molar-refractivity contribution in [3.63, 3.8) is 0 Å². The SMILES string of the molecule is Cc1nc2c(O)c(CCC(=O)c3ccccc3)ccn2c1CC#N.Cl. The number of fused-ring (bicyclic) bond motifs is 1. The summed E-state index contributed by atoms with van der Waals surface area (Å²) in [6.07, 6.45) is 2.79. The zero-order chi connectivity index (χ0) is 17.1. The summed E-state index contributed by atoms with van der Waals surface area (Å²) in [5.41, 5.74) is 3.29. The molecule has 2 aromatic heterocycles. The third-order valence-corrected chi connectivity index (χ3v) is 4.11. The number of hydrogen-bond donors (Lipinski definition) is 1. The lowest BCUT2D eigenvalue weighted by molar-refractivity contribution is 0.0982. The fourth-order valence-electron chi connectivity index (χ4n) is 2.80. The molecule has 0 aliphatic carbocycles. The first-order valence-electron chi connectivity index (χ1n) is 7.75. The molecule has 0 fully saturated rings. The number of aromatic hydroxyl groups is 1. The van der Waals surface area contributed by atoms with Crippen molar-refractivity contribution in [2.45, 2.75) is 26.2 Å². The lowest BCUT2D eigenvalue weighted by Gasteiger charge is -2.07. The first-order chi connectivity index (χ1) is 11.6. The predicted molar refractivity (Wildman–Crippen MR) is 97.3 cm³/mol. The monoisotopic (exact) mass is 355 g/mol. The van der Waals surface area contributed by atoms with Crippen LogP contribution in [0, 0.1) is 18.3 Å². The van der Waals surface area contributed by atoms with E-state index in [2.05, 4.69) is 11.1 Å². The highest BCUT2D eigenvalue weighted by Crippen LogP contribution is 2.26. The van der Waals surface area contributed by atoms with Gasteiger partial charge in [0.15, 0.2) is 17.2 Å². The van der Waals surface area contributed by atoms with Crippen LogP contribution in [0.25, 0.3) is 5.65 Å². The maximum atomic E-state index is 12.2. The number of carbonyl (C=O) groups is 1. The quantitative estimate of drug-likeness (QED) is 0.708. The smallest absolute Gasteiger partial charge is 0.180 e. The Hall–Kier alpha value is -2.84. The van der Waals surface area contributed by atoms with Gasteiger partial charge in [-0.05, 0) is 25.0 Å². The molecule has 3 rings (SSSR count). The Labute approximate surface area is 152 Å². The van der Waals surface area contributed by atoms with Gasteiger partial charge in [-0.2, -0.15) is 5.26 Å². The molecule has 0 aliphatic heterocycles. The molecular formula is C19H18ClN3O2. The van der Waals surface area contributed by atoms with Crippen LogP contribution in [-0.2, 0) is 12.8 Å². The van der Waals surface area contributed by atoms with Crippen LogP contribution in [0.3, 0.4) is 0 Å². The Morgan fingerprint density at radius 1 is 1.28 bits per heavy atom. The third kappa shape index (κ3) is 3.65. The number of benzene rings is 1. The van der Waals surface area contributed by atoms with E-state index < -0.39 is 0 Å². The highest BCUT2D eigenvalue weighted by Gasteiger charge is 2.15. The fourth-order valence-corrected chi connectivity index (χ4v) is 2.80. The maximum absolute atomic E-state index is 12.2. The van der Waals surface area contributed by atoms with Crippen LogP contribution in [0.4, 0.5) is 0 Å². The minimum absolute atomic E-state index is 0. The molecule has 0 radical (unpaired) electrons. The minimum Gasteiger partial charge on any atom is -0.504 e. The number of hydrogen-bond acceptors (Lipinski definition) is 4. The van der Waals surface area contributed by atoms with Crippen LogP contribution >= 0.6 is 12.4 Å². The van der Waals surface area contributed by atoms with Crippen molar-refractivity contribution in [1.29, 1.82) is 5.26 Å². The van der Waals surface area contributed by atoms with Gasteiger partial charge in [0.2, 0.25) is 0 Å². The Balaban J connectivity index is 0.00000225. The summed E-state index contributed by atoms with van der Waals surface area (Å²) in [5.74, 6) is 0.116.